The molecule has 0 fully saturated rings. The molecule has 0 aliphatic carbocycles. The first-order valence-electron chi connectivity index (χ1n) is 2.13. The van der Waals surface area contributed by atoms with Gasteiger partial charge in [-0.15, -0.1) is 0 Å². The summed E-state index contributed by atoms with van der Waals surface area (Å²) in [6.45, 7) is 0.825. The summed E-state index contributed by atoms with van der Waals surface area (Å²) >= 11 is 0. The van der Waals surface area contributed by atoms with Gasteiger partial charge in [0.2, 0.25) is 8.53 Å². The Morgan fingerprint density at radius 1 is 1.62 bits per heavy atom. The molecule has 8 heavy (non-hydrogen) atoms. The second kappa shape index (κ2) is 5.41. The van der Waals surface area contributed by atoms with Crippen LogP contribution in [0.5, 0.6) is 0 Å². The van der Waals surface area contributed by atoms with Crippen molar-refractivity contribution >= 4 is 8.53 Å². The normalized spacial score (nSPS) is 13.9. The molecule has 0 saturated heterocycles. The maximum atomic E-state index is 8.34. The minimum atomic E-state index is -1.69. The van der Waals surface area contributed by atoms with Crippen LogP contribution in [0.15, 0.2) is 0 Å². The first kappa shape index (κ1) is 8.27. The lowest BCUT2D eigenvalue weighted by molar-refractivity contribution is 0.147. The lowest BCUT2D eigenvalue weighted by Crippen LogP contribution is -2.00. The Hall–Kier alpha value is 0.270. The molecule has 0 amide bonds. The molecule has 0 aromatic heterocycles. The fourth-order valence-corrected chi connectivity index (χ4v) is 0.476. The van der Waals surface area contributed by atoms with Crippen molar-refractivity contribution in [1.29, 1.82) is 0 Å². The van der Waals surface area contributed by atoms with Crippen molar-refractivity contribution in [3.05, 3.63) is 0 Å². The van der Waals surface area contributed by atoms with Gasteiger partial charge in [-0.05, 0) is 0 Å². The summed E-state index contributed by atoms with van der Waals surface area (Å²) in [5, 5.41) is 0. The van der Waals surface area contributed by atoms with Crippen molar-refractivity contribution in [3.8, 4) is 0 Å². The van der Waals surface area contributed by atoms with Gasteiger partial charge in [0.25, 0.3) is 0 Å². The van der Waals surface area contributed by atoms with E-state index < -0.39 is 8.53 Å². The third kappa shape index (κ3) is 6.27. The van der Waals surface area contributed by atoms with Gasteiger partial charge in [-0.2, -0.15) is 0 Å². The molecule has 0 rings (SSSR count). The standard InChI is InChI=1S/C3H10NO3P/c1-6-2-3-7-8(4)5/h5H,2-4H2,1H3. The number of ether oxygens (including phenoxy) is 1. The van der Waals surface area contributed by atoms with Crippen LogP contribution in [0.2, 0.25) is 0 Å². The molecule has 1 atom stereocenters. The average molecular weight is 139 g/mol. The molecule has 0 aromatic rings. The Morgan fingerprint density at radius 3 is 2.62 bits per heavy atom. The van der Waals surface area contributed by atoms with Crippen molar-refractivity contribution in [2.24, 2.45) is 5.50 Å². The first-order valence-corrected chi connectivity index (χ1v) is 3.41. The highest BCUT2D eigenvalue weighted by Crippen LogP contribution is 2.17. The molecule has 0 aliphatic rings. The van der Waals surface area contributed by atoms with Crippen molar-refractivity contribution in [2.75, 3.05) is 20.3 Å². The Kier molecular flexibility index (Phi) is 5.59. The van der Waals surface area contributed by atoms with Crippen LogP contribution in [-0.4, -0.2) is 25.2 Å². The zero-order valence-corrected chi connectivity index (χ0v) is 5.60. The molecule has 3 N–H and O–H groups in total. The number of nitrogens with two attached hydrogens (primary N) is 1. The number of hydrogen-bond donors (Lipinski definition) is 2. The van der Waals surface area contributed by atoms with E-state index in [1.54, 1.807) is 7.11 Å². The highest BCUT2D eigenvalue weighted by atomic mass is 31.2. The van der Waals surface area contributed by atoms with E-state index in [4.69, 9.17) is 10.4 Å². The largest absolute Gasteiger partial charge is 0.382 e. The summed E-state index contributed by atoms with van der Waals surface area (Å²) in [5.41, 5.74) is 4.88. The van der Waals surface area contributed by atoms with Crippen molar-refractivity contribution < 1.29 is 14.2 Å². The Morgan fingerprint density at radius 2 is 2.25 bits per heavy atom. The Bertz CT molecular complexity index is 51.8. The van der Waals surface area contributed by atoms with E-state index in [1.165, 1.54) is 0 Å². The SMILES string of the molecule is COCCOP(N)O. The molecule has 0 bridgehead atoms. The van der Waals surface area contributed by atoms with Gasteiger partial charge in [-0.1, -0.05) is 0 Å². The van der Waals surface area contributed by atoms with E-state index in [0.29, 0.717) is 13.2 Å². The molecule has 0 aliphatic heterocycles. The minimum absolute atomic E-state index is 0.356. The maximum Gasteiger partial charge on any atom is 0.250 e. The molecule has 1 unspecified atom stereocenters. The van der Waals surface area contributed by atoms with Crippen molar-refractivity contribution in [3.63, 3.8) is 0 Å². The highest BCUT2D eigenvalue weighted by molar-refractivity contribution is 7.43. The third-order valence-corrected chi connectivity index (χ3v) is 0.958. The van der Waals surface area contributed by atoms with E-state index in [0.717, 1.165) is 0 Å². The van der Waals surface area contributed by atoms with Gasteiger partial charge in [0.15, 0.2) is 0 Å². The zero-order chi connectivity index (χ0) is 6.41. The quantitative estimate of drug-likeness (QED) is 0.419. The van der Waals surface area contributed by atoms with E-state index >= 15 is 0 Å². The molecule has 0 spiro atoms. The van der Waals surface area contributed by atoms with Crippen LogP contribution >= 0.6 is 8.53 Å². The van der Waals surface area contributed by atoms with Crippen LogP contribution in [0.3, 0.4) is 0 Å². The van der Waals surface area contributed by atoms with Gasteiger partial charge < -0.3 is 14.2 Å². The zero-order valence-electron chi connectivity index (χ0n) is 4.70. The highest BCUT2D eigenvalue weighted by Gasteiger charge is 1.92. The lowest BCUT2D eigenvalue weighted by Gasteiger charge is -2.02. The molecule has 0 aromatic carbocycles. The van der Waals surface area contributed by atoms with Gasteiger partial charge in [-0.3, -0.25) is 5.50 Å². The average Bonchev–Trinajstić information content (AvgIpc) is 1.66. The summed E-state index contributed by atoms with van der Waals surface area (Å²) in [6.07, 6.45) is 0. The molecule has 4 nitrogen and oxygen atoms in total. The fraction of sp³-hybridized carbons (Fsp3) is 1.00. The van der Waals surface area contributed by atoms with Gasteiger partial charge in [0, 0.05) is 7.11 Å². The second-order valence-corrected chi connectivity index (χ2v) is 1.99. The van der Waals surface area contributed by atoms with Crippen LogP contribution in [0, 0.1) is 0 Å². The van der Waals surface area contributed by atoms with Gasteiger partial charge >= 0.3 is 0 Å². The summed E-state index contributed by atoms with van der Waals surface area (Å²) in [4.78, 5) is 8.34. The molecule has 0 saturated carbocycles. The monoisotopic (exact) mass is 139 g/mol. The van der Waals surface area contributed by atoms with Gasteiger partial charge in [0.05, 0.1) is 13.2 Å². The lowest BCUT2D eigenvalue weighted by atomic mass is 10.8. The van der Waals surface area contributed by atoms with Gasteiger partial charge in [0.1, 0.15) is 0 Å². The molecule has 50 valence electrons. The number of methoxy groups -OCH3 is 1. The van der Waals surface area contributed by atoms with Crippen LogP contribution < -0.4 is 5.50 Å². The Labute approximate surface area is 49.6 Å². The third-order valence-electron chi connectivity index (χ3n) is 0.511. The summed E-state index contributed by atoms with van der Waals surface area (Å²) in [5.74, 6) is 0. The molecule has 0 heterocycles. The predicted molar refractivity (Wildman–Crippen MR) is 31.2 cm³/mol. The van der Waals surface area contributed by atoms with E-state index in [9.17, 15) is 0 Å². The first-order chi connectivity index (χ1) is 3.77. The summed E-state index contributed by atoms with van der Waals surface area (Å²) in [6, 6.07) is 0. The summed E-state index contributed by atoms with van der Waals surface area (Å²) in [7, 11) is -0.137. The number of hydrogen-bond acceptors (Lipinski definition) is 4. The van der Waals surface area contributed by atoms with Crippen LogP contribution in [0.25, 0.3) is 0 Å². The van der Waals surface area contributed by atoms with E-state index in [2.05, 4.69) is 9.26 Å². The van der Waals surface area contributed by atoms with Crippen LogP contribution in [-0.2, 0) is 9.26 Å². The summed E-state index contributed by atoms with van der Waals surface area (Å²) < 4.78 is 9.17. The number of rotatable bonds is 4. The minimum Gasteiger partial charge on any atom is -0.382 e. The van der Waals surface area contributed by atoms with Gasteiger partial charge in [-0.25, -0.2) is 0 Å². The van der Waals surface area contributed by atoms with Crippen molar-refractivity contribution in [2.45, 2.75) is 0 Å². The van der Waals surface area contributed by atoms with Crippen molar-refractivity contribution in [1.82, 2.24) is 0 Å². The van der Waals surface area contributed by atoms with Crippen LogP contribution in [0.1, 0.15) is 0 Å². The second-order valence-electron chi connectivity index (χ2n) is 1.13. The van der Waals surface area contributed by atoms with Crippen LogP contribution in [0.4, 0.5) is 0 Å². The Balaban J connectivity index is 2.72. The fourth-order valence-electron chi connectivity index (χ4n) is 0.214. The maximum absolute atomic E-state index is 8.34. The molecule has 0 radical (unpaired) electrons. The molecular weight excluding hydrogens is 129 g/mol. The van der Waals surface area contributed by atoms with E-state index in [-0.39, 0.29) is 0 Å². The van der Waals surface area contributed by atoms with E-state index in [1.807, 2.05) is 0 Å². The smallest absolute Gasteiger partial charge is 0.250 e. The molecular formula is C3H10NO3P. The molecule has 5 heteroatoms. The predicted octanol–water partition coefficient (Wildman–Crippen LogP) is -0.173. The topological polar surface area (TPSA) is 64.7 Å².